The van der Waals surface area contributed by atoms with E-state index in [1.165, 1.54) is 0 Å². The smallest absolute Gasteiger partial charge is 0.412 e. The number of benzene rings is 2. The molecule has 0 fully saturated rings. The number of ether oxygens (including phenoxy) is 1. The number of anilines is 2. The summed E-state index contributed by atoms with van der Waals surface area (Å²) >= 11 is 0. The molecule has 1 aromatic heterocycles. The molecule has 0 saturated carbocycles. The maximum atomic E-state index is 12.9. The Hall–Kier alpha value is -3.35. The van der Waals surface area contributed by atoms with Gasteiger partial charge in [-0.3, -0.25) is 14.8 Å². The molecule has 0 atom stereocenters. The van der Waals surface area contributed by atoms with Crippen molar-refractivity contribution in [1.29, 1.82) is 0 Å². The molecule has 146 valence electrons. The number of hydrogen-bond donors (Lipinski definition) is 2. The molecule has 0 spiro atoms. The minimum absolute atomic E-state index is 0.340. The number of amides is 2. The first kappa shape index (κ1) is 19.4. The van der Waals surface area contributed by atoms with Gasteiger partial charge in [-0.15, -0.1) is 0 Å². The second-order valence-electron chi connectivity index (χ2n) is 7.41. The van der Waals surface area contributed by atoms with E-state index in [1.807, 2.05) is 31.2 Å². The first-order valence-corrected chi connectivity index (χ1v) is 9.12. The Morgan fingerprint density at radius 1 is 1.11 bits per heavy atom. The van der Waals surface area contributed by atoms with Crippen LogP contribution in [0.25, 0.3) is 10.8 Å². The van der Waals surface area contributed by atoms with Gasteiger partial charge in [-0.2, -0.15) is 5.10 Å². The third kappa shape index (κ3) is 4.68. The summed E-state index contributed by atoms with van der Waals surface area (Å²) in [6.45, 7) is 8.02. The molecular weight excluding hydrogens is 356 g/mol. The van der Waals surface area contributed by atoms with Crippen LogP contribution in [0, 0.1) is 0 Å². The summed E-state index contributed by atoms with van der Waals surface area (Å²) in [7, 11) is 0. The standard InChI is InChI=1S/C21H24N4O3/c1-5-25-13-16(12-22-25)23-19(26)17-10-14-8-6-7-9-15(14)11-18(17)24-20(27)28-21(2,3)4/h6-13H,5H2,1-4H3,(H,23,26)(H,24,27). The van der Waals surface area contributed by atoms with Gasteiger partial charge >= 0.3 is 6.09 Å². The van der Waals surface area contributed by atoms with Crippen LogP contribution in [0.1, 0.15) is 38.1 Å². The van der Waals surface area contributed by atoms with Crippen LogP contribution >= 0.6 is 0 Å². The Kier molecular flexibility index (Phi) is 5.35. The van der Waals surface area contributed by atoms with Gasteiger partial charge in [-0.05, 0) is 50.6 Å². The van der Waals surface area contributed by atoms with Gasteiger partial charge < -0.3 is 10.1 Å². The van der Waals surface area contributed by atoms with Crippen LogP contribution < -0.4 is 10.6 Å². The van der Waals surface area contributed by atoms with E-state index in [4.69, 9.17) is 4.74 Å². The topological polar surface area (TPSA) is 85.2 Å². The average molecular weight is 380 g/mol. The van der Waals surface area contributed by atoms with E-state index in [1.54, 1.807) is 50.0 Å². The zero-order valence-electron chi connectivity index (χ0n) is 16.4. The molecule has 2 amide bonds. The summed E-state index contributed by atoms with van der Waals surface area (Å²) in [6.07, 6.45) is 2.72. The minimum atomic E-state index is -0.641. The van der Waals surface area contributed by atoms with Crippen molar-refractivity contribution in [3.63, 3.8) is 0 Å². The molecular formula is C21H24N4O3. The van der Waals surface area contributed by atoms with Crippen molar-refractivity contribution in [2.24, 2.45) is 0 Å². The van der Waals surface area contributed by atoms with Crippen molar-refractivity contribution in [3.8, 4) is 0 Å². The van der Waals surface area contributed by atoms with Crippen molar-refractivity contribution < 1.29 is 14.3 Å². The molecule has 2 N–H and O–H groups in total. The van der Waals surface area contributed by atoms with E-state index in [-0.39, 0.29) is 5.91 Å². The Morgan fingerprint density at radius 2 is 1.79 bits per heavy atom. The number of fused-ring (bicyclic) bond motifs is 1. The van der Waals surface area contributed by atoms with Gasteiger partial charge in [-0.25, -0.2) is 4.79 Å². The monoisotopic (exact) mass is 380 g/mol. The van der Waals surface area contributed by atoms with Crippen molar-refractivity contribution in [1.82, 2.24) is 9.78 Å². The van der Waals surface area contributed by atoms with Crippen LogP contribution in [0.2, 0.25) is 0 Å². The van der Waals surface area contributed by atoms with Crippen molar-refractivity contribution in [2.75, 3.05) is 10.6 Å². The Balaban J connectivity index is 1.93. The highest BCUT2D eigenvalue weighted by atomic mass is 16.6. The first-order chi connectivity index (χ1) is 13.2. The predicted octanol–water partition coefficient (Wildman–Crippen LogP) is 4.66. The SMILES string of the molecule is CCn1cc(NC(=O)c2cc3ccccc3cc2NC(=O)OC(C)(C)C)cn1. The molecule has 0 aliphatic carbocycles. The summed E-state index contributed by atoms with van der Waals surface area (Å²) in [5.41, 5.74) is 0.670. The minimum Gasteiger partial charge on any atom is -0.444 e. The Bertz CT molecular complexity index is 1020. The highest BCUT2D eigenvalue weighted by molar-refractivity contribution is 6.12. The van der Waals surface area contributed by atoms with Crippen LogP contribution in [-0.2, 0) is 11.3 Å². The second kappa shape index (κ2) is 7.72. The van der Waals surface area contributed by atoms with E-state index in [2.05, 4.69) is 15.7 Å². The number of aryl methyl sites for hydroxylation is 1. The highest BCUT2D eigenvalue weighted by Crippen LogP contribution is 2.26. The zero-order chi connectivity index (χ0) is 20.3. The average Bonchev–Trinajstić information content (AvgIpc) is 3.07. The quantitative estimate of drug-likeness (QED) is 0.690. The third-order valence-corrected chi connectivity index (χ3v) is 3.98. The molecule has 7 heteroatoms. The third-order valence-electron chi connectivity index (χ3n) is 3.98. The summed E-state index contributed by atoms with van der Waals surface area (Å²) in [6, 6.07) is 11.2. The van der Waals surface area contributed by atoms with E-state index >= 15 is 0 Å². The van der Waals surface area contributed by atoms with Gasteiger partial charge in [0.1, 0.15) is 5.60 Å². The van der Waals surface area contributed by atoms with E-state index < -0.39 is 11.7 Å². The zero-order valence-corrected chi connectivity index (χ0v) is 16.4. The van der Waals surface area contributed by atoms with Crippen LogP contribution in [0.3, 0.4) is 0 Å². The summed E-state index contributed by atoms with van der Waals surface area (Å²) in [5.74, 6) is -0.340. The predicted molar refractivity (Wildman–Crippen MR) is 110 cm³/mol. The molecule has 3 rings (SSSR count). The number of carbonyl (C=O) groups excluding carboxylic acids is 2. The summed E-state index contributed by atoms with van der Waals surface area (Å²) in [5, 5.41) is 11.5. The van der Waals surface area contributed by atoms with Crippen LogP contribution in [0.15, 0.2) is 48.8 Å². The van der Waals surface area contributed by atoms with Crippen molar-refractivity contribution in [2.45, 2.75) is 39.8 Å². The molecule has 0 radical (unpaired) electrons. The molecule has 0 bridgehead atoms. The Morgan fingerprint density at radius 3 is 2.39 bits per heavy atom. The number of nitrogens with zero attached hydrogens (tertiary/aromatic N) is 2. The lowest BCUT2D eigenvalue weighted by Crippen LogP contribution is -2.28. The molecule has 28 heavy (non-hydrogen) atoms. The van der Waals surface area contributed by atoms with Gasteiger partial charge in [0.15, 0.2) is 0 Å². The largest absolute Gasteiger partial charge is 0.444 e. The lowest BCUT2D eigenvalue weighted by atomic mass is 10.0. The number of hydrogen-bond acceptors (Lipinski definition) is 4. The van der Waals surface area contributed by atoms with Gasteiger partial charge in [0.25, 0.3) is 5.91 Å². The van der Waals surface area contributed by atoms with E-state index in [0.717, 1.165) is 10.8 Å². The van der Waals surface area contributed by atoms with Crippen LogP contribution in [-0.4, -0.2) is 27.4 Å². The molecule has 1 heterocycles. The van der Waals surface area contributed by atoms with E-state index in [0.29, 0.717) is 23.5 Å². The van der Waals surface area contributed by atoms with Gasteiger partial charge in [-0.1, -0.05) is 24.3 Å². The van der Waals surface area contributed by atoms with Gasteiger partial charge in [0.05, 0.1) is 23.1 Å². The van der Waals surface area contributed by atoms with Crippen molar-refractivity contribution in [3.05, 3.63) is 54.4 Å². The molecule has 0 unspecified atom stereocenters. The second-order valence-corrected chi connectivity index (χ2v) is 7.41. The maximum absolute atomic E-state index is 12.9. The number of carbonyl (C=O) groups is 2. The molecule has 2 aromatic carbocycles. The fourth-order valence-corrected chi connectivity index (χ4v) is 2.74. The van der Waals surface area contributed by atoms with Crippen LogP contribution in [0.4, 0.5) is 16.2 Å². The Labute approximate surface area is 163 Å². The molecule has 0 aliphatic rings. The molecule has 0 saturated heterocycles. The number of aromatic nitrogens is 2. The highest BCUT2D eigenvalue weighted by Gasteiger charge is 2.20. The number of nitrogens with one attached hydrogen (secondary N) is 2. The maximum Gasteiger partial charge on any atom is 0.412 e. The van der Waals surface area contributed by atoms with Crippen molar-refractivity contribution >= 4 is 34.1 Å². The fraction of sp³-hybridized carbons (Fsp3) is 0.286. The molecule has 7 nitrogen and oxygen atoms in total. The van der Waals surface area contributed by atoms with Crippen LogP contribution in [0.5, 0.6) is 0 Å². The summed E-state index contributed by atoms with van der Waals surface area (Å²) in [4.78, 5) is 25.2. The lowest BCUT2D eigenvalue weighted by molar-refractivity contribution is 0.0636. The fourth-order valence-electron chi connectivity index (χ4n) is 2.74. The first-order valence-electron chi connectivity index (χ1n) is 9.12. The lowest BCUT2D eigenvalue weighted by Gasteiger charge is -2.20. The molecule has 3 aromatic rings. The normalized spacial score (nSPS) is 11.3. The molecule has 0 aliphatic heterocycles. The van der Waals surface area contributed by atoms with Gasteiger partial charge in [0.2, 0.25) is 0 Å². The number of rotatable bonds is 4. The van der Waals surface area contributed by atoms with Gasteiger partial charge in [0, 0.05) is 12.7 Å². The summed E-state index contributed by atoms with van der Waals surface area (Å²) < 4.78 is 7.05. The van der Waals surface area contributed by atoms with E-state index in [9.17, 15) is 9.59 Å².